The summed E-state index contributed by atoms with van der Waals surface area (Å²) in [5, 5.41) is 12.3. The Labute approximate surface area is 98.9 Å². The molecule has 2 N–H and O–H groups in total. The van der Waals surface area contributed by atoms with Crippen molar-refractivity contribution in [1.29, 1.82) is 0 Å². The van der Waals surface area contributed by atoms with Crippen LogP contribution in [0, 0.1) is 0 Å². The standard InChI is InChI=1S/C13H13NO3/c1-9(15)10-5-2-3-6-11(10)14-13(16)12-7-4-8-17-12/h2-9,15H,1H3,(H,14,16). The molecule has 0 aliphatic rings. The molecule has 2 rings (SSSR count). The van der Waals surface area contributed by atoms with Gasteiger partial charge < -0.3 is 14.8 Å². The Morgan fingerprint density at radius 2 is 2.06 bits per heavy atom. The average Bonchev–Trinajstić information content (AvgIpc) is 2.83. The van der Waals surface area contributed by atoms with E-state index in [1.165, 1.54) is 6.26 Å². The smallest absolute Gasteiger partial charge is 0.291 e. The molecule has 0 fully saturated rings. The largest absolute Gasteiger partial charge is 0.459 e. The quantitative estimate of drug-likeness (QED) is 0.853. The van der Waals surface area contributed by atoms with Gasteiger partial charge >= 0.3 is 0 Å². The summed E-state index contributed by atoms with van der Waals surface area (Å²) >= 11 is 0. The van der Waals surface area contributed by atoms with Gasteiger partial charge in [-0.3, -0.25) is 4.79 Å². The van der Waals surface area contributed by atoms with Crippen LogP contribution in [0.2, 0.25) is 0 Å². The minimum absolute atomic E-state index is 0.241. The van der Waals surface area contributed by atoms with Crippen LogP contribution < -0.4 is 5.32 Å². The van der Waals surface area contributed by atoms with Crippen molar-refractivity contribution < 1.29 is 14.3 Å². The number of rotatable bonds is 3. The number of aliphatic hydroxyl groups is 1. The molecule has 1 aromatic carbocycles. The Bertz CT molecular complexity index is 503. The zero-order valence-electron chi connectivity index (χ0n) is 9.38. The maximum atomic E-state index is 11.8. The Morgan fingerprint density at radius 3 is 2.71 bits per heavy atom. The highest BCUT2D eigenvalue weighted by Crippen LogP contribution is 2.22. The second-order valence-electron chi connectivity index (χ2n) is 3.69. The first-order valence-electron chi connectivity index (χ1n) is 5.30. The number of carbonyl (C=O) groups is 1. The first kappa shape index (κ1) is 11.4. The van der Waals surface area contributed by atoms with Crippen LogP contribution in [0.5, 0.6) is 0 Å². The predicted molar refractivity (Wildman–Crippen MR) is 63.7 cm³/mol. The lowest BCUT2D eigenvalue weighted by Crippen LogP contribution is -2.13. The van der Waals surface area contributed by atoms with E-state index in [0.29, 0.717) is 11.3 Å². The Kier molecular flexibility index (Phi) is 3.25. The van der Waals surface area contributed by atoms with E-state index >= 15 is 0 Å². The highest BCUT2D eigenvalue weighted by Gasteiger charge is 2.12. The van der Waals surface area contributed by atoms with Gasteiger partial charge in [-0.2, -0.15) is 0 Å². The van der Waals surface area contributed by atoms with Crippen LogP contribution in [0.15, 0.2) is 47.1 Å². The summed E-state index contributed by atoms with van der Waals surface area (Å²) in [6, 6.07) is 10.3. The van der Waals surface area contributed by atoms with Gasteiger partial charge in [0.1, 0.15) is 0 Å². The summed E-state index contributed by atoms with van der Waals surface area (Å²) in [4.78, 5) is 11.8. The maximum Gasteiger partial charge on any atom is 0.291 e. The molecule has 0 bridgehead atoms. The first-order chi connectivity index (χ1) is 8.18. The van der Waals surface area contributed by atoms with Crippen LogP contribution in [0.1, 0.15) is 29.1 Å². The van der Waals surface area contributed by atoms with E-state index in [1.54, 1.807) is 37.3 Å². The Morgan fingerprint density at radius 1 is 1.29 bits per heavy atom. The van der Waals surface area contributed by atoms with E-state index in [4.69, 9.17) is 4.42 Å². The molecule has 0 aliphatic carbocycles. The fraction of sp³-hybridized carbons (Fsp3) is 0.154. The molecule has 1 heterocycles. The normalized spacial score (nSPS) is 12.1. The number of aliphatic hydroxyl groups excluding tert-OH is 1. The monoisotopic (exact) mass is 231 g/mol. The molecule has 4 heteroatoms. The summed E-state index contributed by atoms with van der Waals surface area (Å²) in [5.74, 6) is -0.0894. The topological polar surface area (TPSA) is 62.5 Å². The van der Waals surface area contributed by atoms with E-state index in [2.05, 4.69) is 5.32 Å². The van der Waals surface area contributed by atoms with Crippen molar-refractivity contribution in [3.05, 3.63) is 54.0 Å². The van der Waals surface area contributed by atoms with E-state index in [0.717, 1.165) is 0 Å². The lowest BCUT2D eigenvalue weighted by molar-refractivity contribution is 0.0996. The van der Waals surface area contributed by atoms with Crippen LogP contribution in [0.25, 0.3) is 0 Å². The zero-order chi connectivity index (χ0) is 12.3. The van der Waals surface area contributed by atoms with Crippen LogP contribution in [-0.4, -0.2) is 11.0 Å². The average molecular weight is 231 g/mol. The van der Waals surface area contributed by atoms with Crippen molar-refractivity contribution >= 4 is 11.6 Å². The molecule has 1 atom stereocenters. The van der Waals surface area contributed by atoms with Gasteiger partial charge in [0.25, 0.3) is 5.91 Å². The van der Waals surface area contributed by atoms with Crippen LogP contribution in [0.4, 0.5) is 5.69 Å². The van der Waals surface area contributed by atoms with Crippen molar-refractivity contribution in [1.82, 2.24) is 0 Å². The fourth-order valence-electron chi connectivity index (χ4n) is 1.57. The SMILES string of the molecule is CC(O)c1ccccc1NC(=O)c1ccco1. The molecule has 1 aromatic heterocycles. The number of furan rings is 1. The summed E-state index contributed by atoms with van der Waals surface area (Å²) in [7, 11) is 0. The lowest BCUT2D eigenvalue weighted by atomic mass is 10.1. The molecule has 0 saturated heterocycles. The highest BCUT2D eigenvalue weighted by atomic mass is 16.3. The predicted octanol–water partition coefficient (Wildman–Crippen LogP) is 2.59. The second-order valence-corrected chi connectivity index (χ2v) is 3.69. The lowest BCUT2D eigenvalue weighted by Gasteiger charge is -2.11. The molecule has 2 aromatic rings. The number of amides is 1. The van der Waals surface area contributed by atoms with Crippen molar-refractivity contribution in [2.24, 2.45) is 0 Å². The molecule has 0 spiro atoms. The molecular formula is C13H13NO3. The number of nitrogens with one attached hydrogen (secondary N) is 1. The van der Waals surface area contributed by atoms with Crippen molar-refractivity contribution in [3.63, 3.8) is 0 Å². The van der Waals surface area contributed by atoms with Gasteiger partial charge in [0, 0.05) is 11.3 Å². The van der Waals surface area contributed by atoms with E-state index in [9.17, 15) is 9.90 Å². The van der Waals surface area contributed by atoms with Crippen LogP contribution in [-0.2, 0) is 0 Å². The number of hydrogen-bond donors (Lipinski definition) is 2. The molecule has 0 saturated carbocycles. The second kappa shape index (κ2) is 4.84. The number of anilines is 1. The minimum Gasteiger partial charge on any atom is -0.459 e. The highest BCUT2D eigenvalue weighted by molar-refractivity contribution is 6.02. The van der Waals surface area contributed by atoms with Crippen molar-refractivity contribution in [2.45, 2.75) is 13.0 Å². The summed E-state index contributed by atoms with van der Waals surface area (Å²) in [6.45, 7) is 1.65. The van der Waals surface area contributed by atoms with Crippen molar-refractivity contribution in [3.8, 4) is 0 Å². The third-order valence-corrected chi connectivity index (χ3v) is 2.40. The summed E-state index contributed by atoms with van der Waals surface area (Å²) in [5.41, 5.74) is 1.26. The molecule has 1 amide bonds. The van der Waals surface area contributed by atoms with Gasteiger partial charge in [-0.15, -0.1) is 0 Å². The van der Waals surface area contributed by atoms with Gasteiger partial charge in [-0.1, -0.05) is 18.2 Å². The minimum atomic E-state index is -0.636. The summed E-state index contributed by atoms with van der Waals surface area (Å²) < 4.78 is 4.99. The molecule has 4 nitrogen and oxygen atoms in total. The number of para-hydroxylation sites is 1. The molecular weight excluding hydrogens is 218 g/mol. The first-order valence-corrected chi connectivity index (χ1v) is 5.30. The van der Waals surface area contributed by atoms with Gasteiger partial charge in [-0.05, 0) is 25.1 Å². The number of carbonyl (C=O) groups excluding carboxylic acids is 1. The van der Waals surface area contributed by atoms with Crippen molar-refractivity contribution in [2.75, 3.05) is 5.32 Å². The van der Waals surface area contributed by atoms with Gasteiger partial charge in [0.2, 0.25) is 0 Å². The third kappa shape index (κ3) is 2.54. The van der Waals surface area contributed by atoms with E-state index < -0.39 is 6.10 Å². The number of hydrogen-bond acceptors (Lipinski definition) is 3. The van der Waals surface area contributed by atoms with Gasteiger partial charge in [0.05, 0.1) is 12.4 Å². The maximum absolute atomic E-state index is 11.8. The van der Waals surface area contributed by atoms with E-state index in [1.807, 2.05) is 6.07 Å². The van der Waals surface area contributed by atoms with Gasteiger partial charge in [-0.25, -0.2) is 0 Å². The molecule has 1 unspecified atom stereocenters. The van der Waals surface area contributed by atoms with Crippen LogP contribution >= 0.6 is 0 Å². The molecule has 0 radical (unpaired) electrons. The molecule has 88 valence electrons. The third-order valence-electron chi connectivity index (χ3n) is 2.40. The van der Waals surface area contributed by atoms with Crippen LogP contribution in [0.3, 0.4) is 0 Å². The fourth-order valence-corrected chi connectivity index (χ4v) is 1.57. The van der Waals surface area contributed by atoms with Gasteiger partial charge in [0.15, 0.2) is 5.76 Å². The summed E-state index contributed by atoms with van der Waals surface area (Å²) in [6.07, 6.45) is 0.804. The molecule has 17 heavy (non-hydrogen) atoms. The zero-order valence-corrected chi connectivity index (χ0v) is 9.38. The molecule has 0 aliphatic heterocycles. The van der Waals surface area contributed by atoms with E-state index in [-0.39, 0.29) is 11.7 Å². The Hall–Kier alpha value is -2.07. The Balaban J connectivity index is 2.22. The number of benzene rings is 1.